The maximum atomic E-state index is 13.5. The Bertz CT molecular complexity index is 1080. The normalized spacial score (nSPS) is 21.1. The molecule has 0 radical (unpaired) electrons. The SMILES string of the molecule is CNC(=O)c1ccc(N2C(=O)N(c3ccc(C#N)c(C(F)(F)F)c3)C3CCCCC32)s1. The number of alkyl halides is 3. The van der Waals surface area contributed by atoms with E-state index in [9.17, 15) is 22.8 Å². The lowest BCUT2D eigenvalue weighted by Gasteiger charge is -2.31. The summed E-state index contributed by atoms with van der Waals surface area (Å²) in [5.74, 6) is -0.262. The van der Waals surface area contributed by atoms with Crippen LogP contribution in [-0.4, -0.2) is 31.1 Å². The van der Waals surface area contributed by atoms with Crippen LogP contribution in [0.25, 0.3) is 0 Å². The zero-order chi connectivity index (χ0) is 22.3. The summed E-state index contributed by atoms with van der Waals surface area (Å²) in [6.45, 7) is 0. The molecule has 2 aromatic rings. The predicted molar refractivity (Wildman–Crippen MR) is 110 cm³/mol. The molecule has 31 heavy (non-hydrogen) atoms. The first kappa shape index (κ1) is 21.2. The smallest absolute Gasteiger partial charge is 0.354 e. The predicted octanol–water partition coefficient (Wildman–Crippen LogP) is 4.76. The molecule has 2 atom stereocenters. The van der Waals surface area contributed by atoms with Crippen LogP contribution in [0.1, 0.15) is 46.5 Å². The van der Waals surface area contributed by atoms with Crippen molar-refractivity contribution in [1.29, 1.82) is 5.26 Å². The second-order valence-corrected chi connectivity index (χ2v) is 8.56. The first-order valence-corrected chi connectivity index (χ1v) is 10.6. The van der Waals surface area contributed by atoms with Gasteiger partial charge in [-0.15, -0.1) is 11.3 Å². The van der Waals surface area contributed by atoms with E-state index in [0.717, 1.165) is 31.4 Å². The van der Waals surface area contributed by atoms with Crippen molar-refractivity contribution in [2.24, 2.45) is 0 Å². The number of anilines is 2. The lowest BCUT2D eigenvalue weighted by Crippen LogP contribution is -2.40. The summed E-state index contributed by atoms with van der Waals surface area (Å²) in [7, 11) is 1.52. The molecule has 0 spiro atoms. The number of benzene rings is 1. The molecule has 3 amide bonds. The number of carbonyl (C=O) groups is 2. The maximum Gasteiger partial charge on any atom is 0.417 e. The van der Waals surface area contributed by atoms with E-state index in [1.54, 1.807) is 23.1 Å². The molecule has 1 aliphatic heterocycles. The fourth-order valence-electron chi connectivity index (χ4n) is 4.37. The minimum Gasteiger partial charge on any atom is -0.354 e. The summed E-state index contributed by atoms with van der Waals surface area (Å²) in [6.07, 6.45) is -1.53. The third-order valence-corrected chi connectivity index (χ3v) is 6.84. The second kappa shape index (κ2) is 7.89. The number of rotatable bonds is 3. The highest BCUT2D eigenvalue weighted by Crippen LogP contribution is 2.43. The third-order valence-electron chi connectivity index (χ3n) is 5.76. The van der Waals surface area contributed by atoms with Crippen LogP contribution in [0.15, 0.2) is 30.3 Å². The Kier molecular flexibility index (Phi) is 5.39. The van der Waals surface area contributed by atoms with Crippen molar-refractivity contribution in [1.82, 2.24) is 5.32 Å². The molecule has 1 aromatic heterocycles. The van der Waals surface area contributed by atoms with E-state index in [1.165, 1.54) is 29.4 Å². The fraction of sp³-hybridized carbons (Fsp3) is 0.381. The summed E-state index contributed by atoms with van der Waals surface area (Å²) < 4.78 is 40.5. The van der Waals surface area contributed by atoms with Gasteiger partial charge >= 0.3 is 12.2 Å². The minimum atomic E-state index is -4.70. The number of nitriles is 1. The van der Waals surface area contributed by atoms with E-state index in [0.29, 0.717) is 16.3 Å². The van der Waals surface area contributed by atoms with Gasteiger partial charge in [0.2, 0.25) is 0 Å². The van der Waals surface area contributed by atoms with Gasteiger partial charge in [-0.25, -0.2) is 4.79 Å². The largest absolute Gasteiger partial charge is 0.417 e. The van der Waals surface area contributed by atoms with Crippen LogP contribution in [0.4, 0.5) is 28.7 Å². The van der Waals surface area contributed by atoms with Crippen LogP contribution >= 0.6 is 11.3 Å². The molecular formula is C21H19F3N4O2S. The van der Waals surface area contributed by atoms with Gasteiger partial charge in [0.1, 0.15) is 5.00 Å². The van der Waals surface area contributed by atoms with Gasteiger partial charge in [0.25, 0.3) is 5.91 Å². The standard InChI is InChI=1S/C21H19F3N4O2S/c1-26-19(29)17-8-9-18(31-17)28-16-5-3-2-4-15(16)27(20(28)30)13-7-6-12(11-25)14(10-13)21(22,23)24/h6-10,15-16H,2-5H2,1H3,(H,26,29). The van der Waals surface area contributed by atoms with Crippen LogP contribution in [0, 0.1) is 11.3 Å². The number of thiophene rings is 1. The van der Waals surface area contributed by atoms with Crippen LogP contribution in [0.3, 0.4) is 0 Å². The van der Waals surface area contributed by atoms with Crippen molar-refractivity contribution in [2.45, 2.75) is 43.9 Å². The average molecular weight is 448 g/mol. The van der Waals surface area contributed by atoms with Crippen molar-refractivity contribution in [3.8, 4) is 6.07 Å². The molecule has 1 aromatic carbocycles. The van der Waals surface area contributed by atoms with Crippen molar-refractivity contribution in [3.05, 3.63) is 46.3 Å². The number of halogens is 3. The third kappa shape index (κ3) is 3.63. The van der Waals surface area contributed by atoms with Crippen molar-refractivity contribution >= 4 is 34.0 Å². The van der Waals surface area contributed by atoms with E-state index >= 15 is 0 Å². The molecule has 6 nitrogen and oxygen atoms in total. The number of carbonyl (C=O) groups excluding carboxylic acids is 2. The number of hydrogen-bond acceptors (Lipinski definition) is 4. The summed E-state index contributed by atoms with van der Waals surface area (Å²) in [6, 6.07) is 7.41. The second-order valence-electron chi connectivity index (χ2n) is 7.50. The van der Waals surface area contributed by atoms with E-state index in [4.69, 9.17) is 5.26 Å². The Labute approximate surface area is 180 Å². The molecule has 1 aliphatic carbocycles. The zero-order valence-corrected chi connectivity index (χ0v) is 17.4. The van der Waals surface area contributed by atoms with Gasteiger partial charge < -0.3 is 5.32 Å². The molecule has 162 valence electrons. The van der Waals surface area contributed by atoms with Crippen LogP contribution in [0.2, 0.25) is 0 Å². The number of nitrogens with zero attached hydrogens (tertiary/aromatic N) is 3. The highest BCUT2D eigenvalue weighted by molar-refractivity contribution is 7.18. The minimum absolute atomic E-state index is 0.124. The van der Waals surface area contributed by atoms with Crippen molar-refractivity contribution in [2.75, 3.05) is 16.8 Å². The summed E-state index contributed by atoms with van der Waals surface area (Å²) >= 11 is 1.18. The number of hydrogen-bond donors (Lipinski definition) is 1. The number of nitrogens with one attached hydrogen (secondary N) is 1. The Morgan fingerprint density at radius 1 is 1.16 bits per heavy atom. The van der Waals surface area contributed by atoms with E-state index in [1.807, 2.05) is 0 Å². The topological polar surface area (TPSA) is 76.4 Å². The van der Waals surface area contributed by atoms with Gasteiger partial charge in [-0.05, 0) is 43.2 Å². The van der Waals surface area contributed by atoms with Crippen molar-refractivity contribution < 1.29 is 22.8 Å². The molecule has 4 rings (SSSR count). The van der Waals surface area contributed by atoms with Gasteiger partial charge in [-0.1, -0.05) is 12.8 Å². The number of amides is 3. The van der Waals surface area contributed by atoms with Crippen LogP contribution < -0.4 is 15.1 Å². The van der Waals surface area contributed by atoms with Gasteiger partial charge in [0.15, 0.2) is 0 Å². The zero-order valence-electron chi connectivity index (χ0n) is 16.6. The lowest BCUT2D eigenvalue weighted by molar-refractivity contribution is -0.137. The molecule has 10 heteroatoms. The van der Waals surface area contributed by atoms with Crippen molar-refractivity contribution in [3.63, 3.8) is 0 Å². The van der Waals surface area contributed by atoms with E-state index in [2.05, 4.69) is 5.32 Å². The van der Waals surface area contributed by atoms with E-state index in [-0.39, 0.29) is 23.7 Å². The molecule has 1 saturated heterocycles. The Morgan fingerprint density at radius 3 is 2.45 bits per heavy atom. The Balaban J connectivity index is 1.76. The highest BCUT2D eigenvalue weighted by atomic mass is 32.1. The summed E-state index contributed by atoms with van der Waals surface area (Å²) in [5, 5.41) is 12.2. The molecule has 2 fully saturated rings. The first-order valence-electron chi connectivity index (χ1n) is 9.82. The summed E-state index contributed by atoms with van der Waals surface area (Å²) in [4.78, 5) is 28.9. The van der Waals surface area contributed by atoms with Gasteiger partial charge in [0, 0.05) is 12.7 Å². The molecule has 2 unspecified atom stereocenters. The maximum absolute atomic E-state index is 13.5. The monoisotopic (exact) mass is 448 g/mol. The van der Waals surface area contributed by atoms with E-state index < -0.39 is 23.3 Å². The van der Waals surface area contributed by atoms with Gasteiger partial charge in [0.05, 0.1) is 34.2 Å². The highest BCUT2D eigenvalue weighted by Gasteiger charge is 2.49. The number of urea groups is 1. The Hall–Kier alpha value is -3.06. The van der Waals surface area contributed by atoms with Crippen LogP contribution in [0.5, 0.6) is 0 Å². The first-order chi connectivity index (χ1) is 14.8. The lowest BCUT2D eigenvalue weighted by atomic mass is 9.90. The molecular weight excluding hydrogens is 429 g/mol. The average Bonchev–Trinajstić information content (AvgIpc) is 3.34. The summed E-state index contributed by atoms with van der Waals surface area (Å²) in [5.41, 5.74) is -1.41. The van der Waals surface area contributed by atoms with Crippen LogP contribution in [-0.2, 0) is 6.18 Å². The molecule has 0 bridgehead atoms. The van der Waals surface area contributed by atoms with Gasteiger partial charge in [-0.2, -0.15) is 18.4 Å². The van der Waals surface area contributed by atoms with Gasteiger partial charge in [-0.3, -0.25) is 14.6 Å². The number of fused-ring (bicyclic) bond motifs is 1. The molecule has 2 aliphatic rings. The Morgan fingerprint density at radius 2 is 1.84 bits per heavy atom. The molecule has 1 saturated carbocycles. The molecule has 1 N–H and O–H groups in total. The quantitative estimate of drug-likeness (QED) is 0.736. The fourth-order valence-corrected chi connectivity index (χ4v) is 5.37. The molecule has 2 heterocycles.